The number of nitrogens with zero attached hydrogens (tertiary/aromatic N) is 1. The third-order valence-corrected chi connectivity index (χ3v) is 0.916. The average molecular weight is 110 g/mol. The lowest BCUT2D eigenvalue weighted by atomic mass is 10.2. The fraction of sp³-hybridized carbons (Fsp3) is 0.200. The van der Waals surface area contributed by atoms with E-state index in [4.69, 9.17) is 0 Å². The Kier molecular flexibility index (Phi) is 1.12. The number of hydrazone groups is 1. The number of hydrogen-bond acceptors (Lipinski definition) is 2. The van der Waals surface area contributed by atoms with Gasteiger partial charge < -0.3 is 0 Å². The first-order valence-corrected chi connectivity index (χ1v) is 2.30. The average Bonchev–Trinajstić information content (AvgIpc) is 1.77. The lowest BCUT2D eigenvalue weighted by molar-refractivity contribution is -0.117. The largest absolute Gasteiger partial charge is 0.268 e. The predicted molar refractivity (Wildman–Crippen MR) is 30.4 cm³/mol. The van der Waals surface area contributed by atoms with Gasteiger partial charge in [-0.25, -0.2) is 5.43 Å². The molecular weight excluding hydrogens is 104 g/mol. The van der Waals surface area contributed by atoms with Crippen molar-refractivity contribution in [2.75, 3.05) is 0 Å². The van der Waals surface area contributed by atoms with E-state index in [2.05, 4.69) is 17.1 Å². The van der Waals surface area contributed by atoms with E-state index in [9.17, 15) is 4.79 Å². The van der Waals surface area contributed by atoms with E-state index in [1.165, 1.54) is 0 Å². The zero-order chi connectivity index (χ0) is 5.98. The normalized spacial score (nSPS) is 18.5. The van der Waals surface area contributed by atoms with Gasteiger partial charge in [0.05, 0.1) is 0 Å². The van der Waals surface area contributed by atoms with E-state index in [0.717, 1.165) is 0 Å². The summed E-state index contributed by atoms with van der Waals surface area (Å²) in [4.78, 5) is 10.5. The van der Waals surface area contributed by atoms with Crippen LogP contribution in [0.4, 0.5) is 0 Å². The smallest absolute Gasteiger partial charge is 0.267 e. The number of amides is 1. The number of hydrogen-bond donors (Lipinski definition) is 1. The third-order valence-electron chi connectivity index (χ3n) is 0.916. The van der Waals surface area contributed by atoms with Crippen molar-refractivity contribution in [3.8, 4) is 0 Å². The molecule has 0 radical (unpaired) electrons. The molecule has 0 aromatic rings. The molecular formula is C5H6N2O. The van der Waals surface area contributed by atoms with Gasteiger partial charge in [-0.05, 0) is 0 Å². The number of rotatable bonds is 0. The Bertz CT molecular complexity index is 142. The summed E-state index contributed by atoms with van der Waals surface area (Å²) in [5.74, 6) is -0.174. The highest BCUT2D eigenvalue weighted by Gasteiger charge is 2.06. The van der Waals surface area contributed by atoms with Crippen molar-refractivity contribution in [2.45, 2.75) is 6.42 Å². The minimum atomic E-state index is -0.174. The fourth-order valence-electron chi connectivity index (χ4n) is 0.432. The molecule has 1 rings (SSSR count). The zero-order valence-electron chi connectivity index (χ0n) is 4.35. The molecule has 1 amide bonds. The molecule has 0 saturated carbocycles. The summed E-state index contributed by atoms with van der Waals surface area (Å²) in [7, 11) is 0. The molecule has 1 aliphatic heterocycles. The van der Waals surface area contributed by atoms with E-state index in [1.807, 2.05) is 0 Å². The molecule has 0 fully saturated rings. The van der Waals surface area contributed by atoms with E-state index >= 15 is 0 Å². The lowest BCUT2D eigenvalue weighted by Crippen LogP contribution is -2.22. The van der Waals surface area contributed by atoms with Crippen molar-refractivity contribution < 1.29 is 4.79 Å². The first kappa shape index (κ1) is 5.03. The molecule has 3 heteroatoms. The summed E-state index contributed by atoms with van der Waals surface area (Å²) < 4.78 is 0. The van der Waals surface area contributed by atoms with Crippen LogP contribution in [0.5, 0.6) is 0 Å². The molecule has 1 heterocycles. The van der Waals surface area contributed by atoms with E-state index in [0.29, 0.717) is 12.0 Å². The van der Waals surface area contributed by atoms with Crippen molar-refractivity contribution >= 4 is 12.1 Å². The van der Waals surface area contributed by atoms with Crippen LogP contribution in [0.2, 0.25) is 0 Å². The summed E-state index contributed by atoms with van der Waals surface area (Å²) >= 11 is 0. The topological polar surface area (TPSA) is 41.5 Å². The summed E-state index contributed by atoms with van der Waals surface area (Å²) in [5.41, 5.74) is 2.83. The highest BCUT2D eigenvalue weighted by atomic mass is 16.2. The lowest BCUT2D eigenvalue weighted by Gasteiger charge is -2.03. The van der Waals surface area contributed by atoms with Gasteiger partial charge in [0.1, 0.15) is 0 Å². The van der Waals surface area contributed by atoms with Crippen LogP contribution in [0.25, 0.3) is 0 Å². The Morgan fingerprint density at radius 1 is 1.88 bits per heavy atom. The maximum atomic E-state index is 10.5. The molecule has 1 N–H and O–H groups in total. The summed E-state index contributed by atoms with van der Waals surface area (Å²) in [5, 5.41) is 3.52. The Hall–Kier alpha value is -1.12. The van der Waals surface area contributed by atoms with Gasteiger partial charge in [0, 0.05) is 18.2 Å². The molecule has 0 bridgehead atoms. The molecule has 0 saturated heterocycles. The summed E-state index contributed by atoms with van der Waals surface area (Å²) in [6.45, 7) is 3.49. The summed E-state index contributed by atoms with van der Waals surface area (Å²) in [6.07, 6.45) is 2.19. The minimum Gasteiger partial charge on any atom is -0.268 e. The van der Waals surface area contributed by atoms with Gasteiger partial charge in [0.25, 0.3) is 5.91 Å². The van der Waals surface area contributed by atoms with E-state index in [-0.39, 0.29) is 5.91 Å². The van der Waals surface area contributed by atoms with Crippen molar-refractivity contribution in [1.82, 2.24) is 5.43 Å². The highest BCUT2D eigenvalue weighted by molar-refractivity contribution is 5.97. The maximum Gasteiger partial charge on any atom is 0.267 e. The standard InChI is InChI=1S/C5H6N2O/c1-4-2-3-6-7-5(4)8/h3H,1-2H2,(H,7,8). The maximum absolute atomic E-state index is 10.5. The first-order valence-electron chi connectivity index (χ1n) is 2.30. The van der Waals surface area contributed by atoms with Crippen LogP contribution in [-0.2, 0) is 4.79 Å². The first-order chi connectivity index (χ1) is 3.80. The molecule has 0 aromatic heterocycles. The monoisotopic (exact) mass is 110 g/mol. The second kappa shape index (κ2) is 1.78. The second-order valence-corrected chi connectivity index (χ2v) is 1.56. The highest BCUT2D eigenvalue weighted by Crippen LogP contribution is 1.97. The van der Waals surface area contributed by atoms with Crippen LogP contribution in [0.15, 0.2) is 17.3 Å². The van der Waals surface area contributed by atoms with Crippen molar-refractivity contribution in [2.24, 2.45) is 5.10 Å². The molecule has 0 atom stereocenters. The Morgan fingerprint density at radius 2 is 2.62 bits per heavy atom. The number of nitrogens with one attached hydrogen (secondary N) is 1. The van der Waals surface area contributed by atoms with Gasteiger partial charge in [0.15, 0.2) is 0 Å². The zero-order valence-corrected chi connectivity index (χ0v) is 4.35. The van der Waals surface area contributed by atoms with E-state index in [1.54, 1.807) is 6.21 Å². The molecule has 1 aliphatic rings. The van der Waals surface area contributed by atoms with Gasteiger partial charge in [-0.1, -0.05) is 6.58 Å². The Labute approximate surface area is 47.1 Å². The minimum absolute atomic E-state index is 0.174. The molecule has 3 nitrogen and oxygen atoms in total. The number of carbonyl (C=O) groups excluding carboxylic acids is 1. The SMILES string of the molecule is C=C1CC=NNC1=O. The van der Waals surface area contributed by atoms with Gasteiger partial charge in [-0.2, -0.15) is 5.10 Å². The van der Waals surface area contributed by atoms with Crippen LogP contribution in [0.3, 0.4) is 0 Å². The Morgan fingerprint density at radius 3 is 3.00 bits per heavy atom. The van der Waals surface area contributed by atoms with Crippen LogP contribution >= 0.6 is 0 Å². The predicted octanol–water partition coefficient (Wildman–Crippen LogP) is 0.0483. The molecule has 0 aromatic carbocycles. The van der Waals surface area contributed by atoms with Gasteiger partial charge in [-0.15, -0.1) is 0 Å². The van der Waals surface area contributed by atoms with Crippen molar-refractivity contribution in [3.63, 3.8) is 0 Å². The van der Waals surface area contributed by atoms with Crippen LogP contribution in [0.1, 0.15) is 6.42 Å². The molecule has 0 aliphatic carbocycles. The molecule has 0 spiro atoms. The van der Waals surface area contributed by atoms with Crippen LogP contribution < -0.4 is 5.43 Å². The quantitative estimate of drug-likeness (QED) is 0.440. The Balaban J connectivity index is 2.71. The molecule has 8 heavy (non-hydrogen) atoms. The molecule has 0 unspecified atom stereocenters. The summed E-state index contributed by atoms with van der Waals surface area (Å²) in [6, 6.07) is 0. The van der Waals surface area contributed by atoms with Gasteiger partial charge in [-0.3, -0.25) is 4.79 Å². The van der Waals surface area contributed by atoms with Crippen molar-refractivity contribution in [1.29, 1.82) is 0 Å². The third kappa shape index (κ3) is 0.753. The molecule has 42 valence electrons. The van der Waals surface area contributed by atoms with Crippen LogP contribution in [0, 0.1) is 0 Å². The van der Waals surface area contributed by atoms with Gasteiger partial charge >= 0.3 is 0 Å². The number of carbonyl (C=O) groups is 1. The van der Waals surface area contributed by atoms with Crippen LogP contribution in [-0.4, -0.2) is 12.1 Å². The second-order valence-electron chi connectivity index (χ2n) is 1.56. The fourth-order valence-corrected chi connectivity index (χ4v) is 0.432. The van der Waals surface area contributed by atoms with Gasteiger partial charge in [0.2, 0.25) is 0 Å². The van der Waals surface area contributed by atoms with Crippen molar-refractivity contribution in [3.05, 3.63) is 12.2 Å². The van der Waals surface area contributed by atoms with E-state index < -0.39 is 0 Å².